The molecule has 14 heavy (non-hydrogen) atoms. The molecule has 0 aromatic heterocycles. The summed E-state index contributed by atoms with van der Waals surface area (Å²) in [4.78, 5) is 22.0. The van der Waals surface area contributed by atoms with Gasteiger partial charge in [-0.1, -0.05) is 0 Å². The van der Waals surface area contributed by atoms with Crippen LogP contribution in [0.5, 0.6) is 0 Å². The molecule has 1 heterocycles. The molecule has 1 aliphatic carbocycles. The highest BCUT2D eigenvalue weighted by Crippen LogP contribution is 2.33. The van der Waals surface area contributed by atoms with E-state index in [1.54, 1.807) is 0 Å². The second-order valence-corrected chi connectivity index (χ2v) is 4.34. The first kappa shape index (κ1) is 9.65. The molecule has 4 heteroatoms. The second-order valence-electron chi connectivity index (χ2n) is 4.34. The fraction of sp³-hybridized carbons (Fsp3) is 0.800. The highest BCUT2D eigenvalue weighted by atomic mass is 16.4. The molecule has 0 bridgehead atoms. The van der Waals surface area contributed by atoms with Gasteiger partial charge < -0.3 is 10.4 Å². The van der Waals surface area contributed by atoms with E-state index in [9.17, 15) is 9.59 Å². The Morgan fingerprint density at radius 2 is 2.21 bits per heavy atom. The number of hydrogen-bond donors (Lipinski definition) is 2. The SMILES string of the molecule is O=C1CCC2CNC(C(=O)O)CC2C1. The van der Waals surface area contributed by atoms with E-state index in [2.05, 4.69) is 5.32 Å². The normalized spacial score (nSPS) is 37.7. The van der Waals surface area contributed by atoms with Crippen molar-refractivity contribution in [3.05, 3.63) is 0 Å². The van der Waals surface area contributed by atoms with E-state index in [0.717, 1.165) is 13.0 Å². The van der Waals surface area contributed by atoms with Crippen LogP contribution in [0.15, 0.2) is 0 Å². The molecule has 3 atom stereocenters. The number of aliphatic carboxylic acids is 1. The number of carboxylic acids is 1. The molecule has 2 rings (SSSR count). The van der Waals surface area contributed by atoms with Gasteiger partial charge in [0.2, 0.25) is 0 Å². The van der Waals surface area contributed by atoms with E-state index < -0.39 is 12.0 Å². The van der Waals surface area contributed by atoms with Gasteiger partial charge in [-0.3, -0.25) is 9.59 Å². The van der Waals surface area contributed by atoms with Crippen LogP contribution in [0.3, 0.4) is 0 Å². The van der Waals surface area contributed by atoms with Gasteiger partial charge in [-0.05, 0) is 31.2 Å². The lowest BCUT2D eigenvalue weighted by atomic mass is 9.73. The smallest absolute Gasteiger partial charge is 0.320 e. The molecule has 2 N–H and O–H groups in total. The van der Waals surface area contributed by atoms with Crippen molar-refractivity contribution in [2.75, 3.05) is 6.54 Å². The van der Waals surface area contributed by atoms with Gasteiger partial charge in [0, 0.05) is 12.8 Å². The summed E-state index contributed by atoms with van der Waals surface area (Å²) in [5.74, 6) is 0.334. The Hall–Kier alpha value is -0.900. The van der Waals surface area contributed by atoms with E-state index >= 15 is 0 Å². The van der Waals surface area contributed by atoms with Gasteiger partial charge in [-0.25, -0.2) is 0 Å². The minimum atomic E-state index is -0.790. The van der Waals surface area contributed by atoms with Crippen LogP contribution in [-0.2, 0) is 9.59 Å². The maximum atomic E-state index is 11.2. The van der Waals surface area contributed by atoms with Gasteiger partial charge in [0.1, 0.15) is 11.8 Å². The highest BCUT2D eigenvalue weighted by molar-refractivity contribution is 5.80. The number of rotatable bonds is 1. The van der Waals surface area contributed by atoms with Gasteiger partial charge in [-0.15, -0.1) is 0 Å². The van der Waals surface area contributed by atoms with Crippen LogP contribution in [0, 0.1) is 11.8 Å². The maximum absolute atomic E-state index is 11.2. The van der Waals surface area contributed by atoms with E-state index in [4.69, 9.17) is 5.11 Å². The summed E-state index contributed by atoms with van der Waals surface area (Å²) in [6.45, 7) is 0.759. The predicted octanol–water partition coefficient (Wildman–Crippen LogP) is 0.418. The lowest BCUT2D eigenvalue weighted by Gasteiger charge is -2.37. The molecule has 1 saturated carbocycles. The van der Waals surface area contributed by atoms with E-state index in [-0.39, 0.29) is 0 Å². The summed E-state index contributed by atoms with van der Waals surface area (Å²) in [7, 11) is 0. The van der Waals surface area contributed by atoms with E-state index in [1.165, 1.54) is 0 Å². The summed E-state index contributed by atoms with van der Waals surface area (Å²) in [5, 5.41) is 11.9. The molecule has 4 nitrogen and oxygen atoms in total. The van der Waals surface area contributed by atoms with Crippen molar-refractivity contribution in [2.45, 2.75) is 31.7 Å². The van der Waals surface area contributed by atoms with Gasteiger partial charge in [0.15, 0.2) is 0 Å². The zero-order valence-corrected chi connectivity index (χ0v) is 8.03. The lowest BCUT2D eigenvalue weighted by Crippen LogP contribution is -2.49. The topological polar surface area (TPSA) is 66.4 Å². The molecule has 0 amide bonds. The first-order valence-electron chi connectivity index (χ1n) is 5.14. The number of fused-ring (bicyclic) bond motifs is 1. The van der Waals surface area contributed by atoms with Crippen LogP contribution in [0.2, 0.25) is 0 Å². The number of ketones is 1. The van der Waals surface area contributed by atoms with Crippen LogP contribution in [0.25, 0.3) is 0 Å². The van der Waals surface area contributed by atoms with E-state index in [1.807, 2.05) is 0 Å². The first-order chi connectivity index (χ1) is 6.66. The average molecular weight is 197 g/mol. The quantitative estimate of drug-likeness (QED) is 0.639. The minimum absolute atomic E-state index is 0.303. The summed E-state index contributed by atoms with van der Waals surface area (Å²) in [5.41, 5.74) is 0. The zero-order chi connectivity index (χ0) is 10.1. The Morgan fingerprint density at radius 1 is 1.43 bits per heavy atom. The number of nitrogens with one attached hydrogen (secondary N) is 1. The Kier molecular flexibility index (Phi) is 2.54. The van der Waals surface area contributed by atoms with E-state index in [0.29, 0.717) is 36.9 Å². The molecule has 3 unspecified atom stereocenters. The Balaban J connectivity index is 1.99. The molecule has 0 radical (unpaired) electrons. The molecular formula is C10H15NO3. The van der Waals surface area contributed by atoms with Crippen LogP contribution in [0.4, 0.5) is 0 Å². The van der Waals surface area contributed by atoms with Gasteiger partial charge in [0.05, 0.1) is 0 Å². The van der Waals surface area contributed by atoms with Crippen molar-refractivity contribution in [2.24, 2.45) is 11.8 Å². The number of carboxylic acid groups (broad SMARTS) is 1. The van der Waals surface area contributed by atoms with Crippen molar-refractivity contribution in [1.29, 1.82) is 0 Å². The highest BCUT2D eigenvalue weighted by Gasteiger charge is 2.36. The zero-order valence-electron chi connectivity index (χ0n) is 8.03. The summed E-state index contributed by atoms with van der Waals surface area (Å²) < 4.78 is 0. The Labute approximate surface area is 82.7 Å². The largest absolute Gasteiger partial charge is 0.480 e. The fourth-order valence-corrected chi connectivity index (χ4v) is 2.56. The van der Waals surface area contributed by atoms with Gasteiger partial charge in [-0.2, -0.15) is 0 Å². The third kappa shape index (κ3) is 1.80. The molecular weight excluding hydrogens is 182 g/mol. The molecule has 2 fully saturated rings. The Bertz CT molecular complexity index is 262. The fourth-order valence-electron chi connectivity index (χ4n) is 2.56. The van der Waals surface area contributed by atoms with Crippen LogP contribution >= 0.6 is 0 Å². The molecule has 1 saturated heterocycles. The standard InChI is InChI=1S/C10H15NO3/c12-8-2-1-6-5-11-9(10(13)14)4-7(6)3-8/h6-7,9,11H,1-5H2,(H,13,14). The predicted molar refractivity (Wildman–Crippen MR) is 49.9 cm³/mol. The monoisotopic (exact) mass is 197 g/mol. The number of carbonyl (C=O) groups excluding carboxylic acids is 1. The first-order valence-corrected chi connectivity index (χ1v) is 5.14. The lowest BCUT2D eigenvalue weighted by molar-refractivity contribution is -0.142. The number of carbonyl (C=O) groups is 2. The molecule has 2 aliphatic rings. The van der Waals surface area contributed by atoms with Crippen LogP contribution in [0.1, 0.15) is 25.7 Å². The van der Waals surface area contributed by atoms with Crippen LogP contribution < -0.4 is 5.32 Å². The summed E-state index contributed by atoms with van der Waals surface area (Å²) in [6.07, 6.45) is 2.82. The van der Waals surface area contributed by atoms with Crippen molar-refractivity contribution in [3.8, 4) is 0 Å². The van der Waals surface area contributed by atoms with Gasteiger partial charge >= 0.3 is 5.97 Å². The van der Waals surface area contributed by atoms with Crippen molar-refractivity contribution < 1.29 is 14.7 Å². The molecule has 0 aromatic carbocycles. The number of hydrogen-bond acceptors (Lipinski definition) is 3. The average Bonchev–Trinajstić information content (AvgIpc) is 2.16. The maximum Gasteiger partial charge on any atom is 0.320 e. The van der Waals surface area contributed by atoms with Crippen LogP contribution in [-0.4, -0.2) is 29.4 Å². The van der Waals surface area contributed by atoms with Gasteiger partial charge in [0.25, 0.3) is 0 Å². The second kappa shape index (κ2) is 3.69. The van der Waals surface area contributed by atoms with Crippen molar-refractivity contribution >= 4 is 11.8 Å². The Morgan fingerprint density at radius 3 is 2.93 bits per heavy atom. The number of Topliss-reactive ketones (excluding diaryl/α,β-unsaturated/α-hetero) is 1. The van der Waals surface area contributed by atoms with Crippen molar-refractivity contribution in [1.82, 2.24) is 5.32 Å². The third-order valence-electron chi connectivity index (χ3n) is 3.41. The third-order valence-corrected chi connectivity index (χ3v) is 3.41. The summed E-state index contributed by atoms with van der Waals surface area (Å²) >= 11 is 0. The summed E-state index contributed by atoms with van der Waals surface area (Å²) in [6, 6.07) is -0.442. The molecule has 1 aliphatic heterocycles. The molecule has 0 spiro atoms. The minimum Gasteiger partial charge on any atom is -0.480 e. The molecule has 78 valence electrons. The number of piperidine rings is 1. The van der Waals surface area contributed by atoms with Crippen molar-refractivity contribution in [3.63, 3.8) is 0 Å². The molecule has 0 aromatic rings.